The fourth-order valence-electron chi connectivity index (χ4n) is 2.83. The van der Waals surface area contributed by atoms with Crippen LogP contribution in [-0.4, -0.2) is 0 Å². The van der Waals surface area contributed by atoms with Crippen molar-refractivity contribution in [2.75, 3.05) is 0 Å². The molecule has 0 amide bonds. The van der Waals surface area contributed by atoms with Crippen LogP contribution in [0.4, 0.5) is 0 Å². The molecule has 1 aromatic carbocycles. The zero-order chi connectivity index (χ0) is 12.6. The fourth-order valence-corrected chi connectivity index (χ4v) is 2.83. The van der Waals surface area contributed by atoms with Crippen LogP contribution in [0.2, 0.25) is 0 Å². The van der Waals surface area contributed by atoms with Crippen molar-refractivity contribution in [2.45, 2.75) is 40.5 Å². The van der Waals surface area contributed by atoms with Crippen molar-refractivity contribution in [3.05, 3.63) is 52.6 Å². The van der Waals surface area contributed by atoms with Crippen molar-refractivity contribution in [2.24, 2.45) is 5.92 Å². The van der Waals surface area contributed by atoms with E-state index < -0.39 is 0 Å². The Bertz CT molecular complexity index is 487. The molecule has 0 saturated carbocycles. The Morgan fingerprint density at radius 3 is 2.24 bits per heavy atom. The summed E-state index contributed by atoms with van der Waals surface area (Å²) in [6.45, 7) is 11.3. The quantitative estimate of drug-likeness (QED) is 0.652. The van der Waals surface area contributed by atoms with Crippen LogP contribution in [-0.2, 0) is 0 Å². The maximum atomic E-state index is 2.38. The van der Waals surface area contributed by atoms with Crippen LogP contribution in [0.1, 0.15) is 51.7 Å². The predicted octanol–water partition coefficient (Wildman–Crippen LogP) is 5.18. The summed E-state index contributed by atoms with van der Waals surface area (Å²) in [5.74, 6) is 1.13. The highest BCUT2D eigenvalue weighted by Gasteiger charge is 2.21. The Morgan fingerprint density at radius 2 is 1.71 bits per heavy atom. The molecule has 90 valence electrons. The Balaban J connectivity index is 2.57. The maximum Gasteiger partial charge on any atom is 0.000413 e. The van der Waals surface area contributed by atoms with Crippen LogP contribution in [0, 0.1) is 5.92 Å². The largest absolute Gasteiger partial charge is 0.0740 e. The molecule has 0 heteroatoms. The number of allylic oxidation sites excluding steroid dienone is 4. The van der Waals surface area contributed by atoms with Crippen molar-refractivity contribution in [1.82, 2.24) is 0 Å². The summed E-state index contributed by atoms with van der Waals surface area (Å²) in [6, 6.07) is 8.84. The summed E-state index contributed by atoms with van der Waals surface area (Å²) in [7, 11) is 0. The summed E-state index contributed by atoms with van der Waals surface area (Å²) >= 11 is 0. The molecule has 1 unspecified atom stereocenters. The van der Waals surface area contributed by atoms with Crippen LogP contribution in [0.3, 0.4) is 0 Å². The normalized spacial score (nSPS) is 20.1. The molecule has 1 aliphatic carbocycles. The minimum atomic E-state index is 0.551. The van der Waals surface area contributed by atoms with Gasteiger partial charge in [0.15, 0.2) is 0 Å². The lowest BCUT2D eigenvalue weighted by molar-refractivity contribution is 0.855. The molecule has 0 nitrogen and oxygen atoms in total. The summed E-state index contributed by atoms with van der Waals surface area (Å²) < 4.78 is 0. The highest BCUT2D eigenvalue weighted by molar-refractivity contribution is 5.79. The Kier molecular flexibility index (Phi) is 3.24. The molecule has 0 saturated heterocycles. The van der Waals surface area contributed by atoms with E-state index in [0.717, 1.165) is 0 Å². The number of hydrogen-bond donors (Lipinski definition) is 0. The first-order chi connectivity index (χ1) is 8.02. The second-order valence-corrected chi connectivity index (χ2v) is 5.42. The SMILES string of the molecule is CC1=CC(C)C(c2ccccc2C(C)C)=C1C. The number of rotatable bonds is 2. The molecule has 0 N–H and O–H groups in total. The van der Waals surface area contributed by atoms with E-state index in [2.05, 4.69) is 65.0 Å². The molecule has 2 rings (SSSR count). The van der Waals surface area contributed by atoms with E-state index in [1.165, 1.54) is 27.8 Å². The molecule has 0 heterocycles. The Labute approximate surface area is 105 Å². The molecule has 0 spiro atoms. The lowest BCUT2D eigenvalue weighted by Crippen LogP contribution is -2.00. The van der Waals surface area contributed by atoms with Crippen LogP contribution in [0.5, 0.6) is 0 Å². The van der Waals surface area contributed by atoms with E-state index in [9.17, 15) is 0 Å². The Hall–Kier alpha value is -1.30. The third-order valence-corrected chi connectivity index (χ3v) is 3.82. The summed E-state index contributed by atoms with van der Waals surface area (Å²) in [4.78, 5) is 0. The van der Waals surface area contributed by atoms with Gasteiger partial charge in [0.05, 0.1) is 0 Å². The minimum Gasteiger partial charge on any atom is -0.0740 e. The van der Waals surface area contributed by atoms with Gasteiger partial charge in [-0.2, -0.15) is 0 Å². The van der Waals surface area contributed by atoms with E-state index in [1.807, 2.05) is 0 Å². The highest BCUT2D eigenvalue weighted by atomic mass is 14.3. The van der Waals surface area contributed by atoms with Crippen molar-refractivity contribution < 1.29 is 0 Å². The zero-order valence-electron chi connectivity index (χ0n) is 11.5. The molecular weight excluding hydrogens is 204 g/mol. The van der Waals surface area contributed by atoms with Gasteiger partial charge in [-0.3, -0.25) is 0 Å². The molecule has 17 heavy (non-hydrogen) atoms. The van der Waals surface area contributed by atoms with Crippen molar-refractivity contribution >= 4 is 5.57 Å². The standard InChI is InChI=1S/C17H22/c1-11(2)15-8-6-7-9-16(15)17-13(4)10-12(3)14(17)5/h6-11,13H,1-5H3. The van der Waals surface area contributed by atoms with E-state index in [0.29, 0.717) is 11.8 Å². The van der Waals surface area contributed by atoms with E-state index in [1.54, 1.807) is 0 Å². The van der Waals surface area contributed by atoms with E-state index in [-0.39, 0.29) is 0 Å². The van der Waals surface area contributed by atoms with Gasteiger partial charge in [0.25, 0.3) is 0 Å². The number of benzene rings is 1. The summed E-state index contributed by atoms with van der Waals surface area (Å²) in [5, 5.41) is 0. The lowest BCUT2D eigenvalue weighted by Gasteiger charge is -2.17. The number of hydrogen-bond acceptors (Lipinski definition) is 0. The predicted molar refractivity (Wildman–Crippen MR) is 76.0 cm³/mol. The molecule has 0 bridgehead atoms. The molecule has 1 aromatic rings. The molecule has 0 fully saturated rings. The molecule has 1 atom stereocenters. The Morgan fingerprint density at radius 1 is 1.06 bits per heavy atom. The molecule has 0 aliphatic heterocycles. The van der Waals surface area contributed by atoms with Gasteiger partial charge in [0, 0.05) is 5.92 Å². The van der Waals surface area contributed by atoms with Gasteiger partial charge in [-0.15, -0.1) is 0 Å². The zero-order valence-corrected chi connectivity index (χ0v) is 11.5. The molecule has 1 aliphatic rings. The van der Waals surface area contributed by atoms with E-state index >= 15 is 0 Å². The van der Waals surface area contributed by atoms with Crippen LogP contribution in [0.25, 0.3) is 5.57 Å². The monoisotopic (exact) mass is 226 g/mol. The van der Waals surface area contributed by atoms with Gasteiger partial charge in [-0.05, 0) is 42.0 Å². The second kappa shape index (κ2) is 4.52. The summed E-state index contributed by atoms with van der Waals surface area (Å²) in [5.41, 5.74) is 7.33. The smallest absolute Gasteiger partial charge is 0.000413 e. The van der Waals surface area contributed by atoms with Gasteiger partial charge in [-0.25, -0.2) is 0 Å². The van der Waals surface area contributed by atoms with Crippen molar-refractivity contribution in [3.8, 4) is 0 Å². The maximum absolute atomic E-state index is 2.38. The second-order valence-electron chi connectivity index (χ2n) is 5.42. The van der Waals surface area contributed by atoms with Crippen LogP contribution < -0.4 is 0 Å². The van der Waals surface area contributed by atoms with Gasteiger partial charge in [0.1, 0.15) is 0 Å². The van der Waals surface area contributed by atoms with E-state index in [4.69, 9.17) is 0 Å². The summed E-state index contributed by atoms with van der Waals surface area (Å²) in [6.07, 6.45) is 2.38. The first-order valence-corrected chi connectivity index (χ1v) is 6.51. The van der Waals surface area contributed by atoms with Crippen LogP contribution >= 0.6 is 0 Å². The molecule has 0 radical (unpaired) electrons. The van der Waals surface area contributed by atoms with Gasteiger partial charge < -0.3 is 0 Å². The fraction of sp³-hybridized carbons (Fsp3) is 0.412. The third kappa shape index (κ3) is 2.09. The van der Waals surface area contributed by atoms with Gasteiger partial charge in [-0.1, -0.05) is 56.7 Å². The van der Waals surface area contributed by atoms with Crippen molar-refractivity contribution in [1.29, 1.82) is 0 Å². The first-order valence-electron chi connectivity index (χ1n) is 6.51. The minimum absolute atomic E-state index is 0.551. The average molecular weight is 226 g/mol. The molecular formula is C17H22. The third-order valence-electron chi connectivity index (χ3n) is 3.82. The lowest BCUT2D eigenvalue weighted by atomic mass is 9.87. The van der Waals surface area contributed by atoms with Crippen LogP contribution in [0.15, 0.2) is 41.5 Å². The first kappa shape index (κ1) is 12.2. The topological polar surface area (TPSA) is 0 Å². The highest BCUT2D eigenvalue weighted by Crippen LogP contribution is 2.40. The van der Waals surface area contributed by atoms with Gasteiger partial charge in [0.2, 0.25) is 0 Å². The molecule has 0 aromatic heterocycles. The average Bonchev–Trinajstić information content (AvgIpc) is 2.53. The van der Waals surface area contributed by atoms with Gasteiger partial charge >= 0.3 is 0 Å². The van der Waals surface area contributed by atoms with Crippen molar-refractivity contribution in [3.63, 3.8) is 0 Å².